The molecular weight excluding hydrogens is 558 g/mol. The van der Waals surface area contributed by atoms with Gasteiger partial charge in [-0.25, -0.2) is 23.6 Å². The highest BCUT2D eigenvalue weighted by Crippen LogP contribution is 2.31. The third-order valence-electron chi connectivity index (χ3n) is 6.33. The first-order valence-corrected chi connectivity index (χ1v) is 14.8. The van der Waals surface area contributed by atoms with Crippen LogP contribution >= 0.6 is 11.3 Å². The lowest BCUT2D eigenvalue weighted by molar-refractivity contribution is 0.621. The van der Waals surface area contributed by atoms with Gasteiger partial charge in [0.05, 0.1) is 39.6 Å². The Kier molecular flexibility index (Phi) is 7.14. The molecule has 0 amide bonds. The molecule has 1 atom stereocenters. The Morgan fingerprint density at radius 1 is 1.05 bits per heavy atom. The zero-order chi connectivity index (χ0) is 28.6. The molecule has 1 N–H and O–H groups in total. The van der Waals surface area contributed by atoms with Gasteiger partial charge >= 0.3 is 0 Å². The molecule has 0 spiro atoms. The van der Waals surface area contributed by atoms with E-state index in [9.17, 15) is 8.60 Å². The molecule has 3 heterocycles. The van der Waals surface area contributed by atoms with E-state index in [0.29, 0.717) is 12.4 Å². The SMILES string of the molecule is CC(C)(C)[S@@](=O)N=Cc1cnc(-c2ccc3ncnc(Nc4ccc5c(cnn5Cc5cccc(F)c5)c4)c3c2)s1. The second-order valence-corrected chi connectivity index (χ2v) is 13.4. The minimum absolute atomic E-state index is 0.261. The molecule has 0 bridgehead atoms. The Morgan fingerprint density at radius 2 is 1.93 bits per heavy atom. The Morgan fingerprint density at radius 3 is 2.76 bits per heavy atom. The average molecular weight is 584 g/mol. The van der Waals surface area contributed by atoms with Crippen molar-refractivity contribution in [1.29, 1.82) is 0 Å². The fourth-order valence-electron chi connectivity index (χ4n) is 4.26. The Bertz CT molecular complexity index is 1940. The van der Waals surface area contributed by atoms with E-state index in [2.05, 4.69) is 29.8 Å². The molecule has 3 aromatic carbocycles. The van der Waals surface area contributed by atoms with Gasteiger partial charge in [0.2, 0.25) is 0 Å². The van der Waals surface area contributed by atoms with Crippen molar-refractivity contribution in [3.8, 4) is 10.6 Å². The summed E-state index contributed by atoms with van der Waals surface area (Å²) in [6.45, 7) is 6.15. The van der Waals surface area contributed by atoms with Crippen LogP contribution < -0.4 is 5.32 Å². The average Bonchev–Trinajstić information content (AvgIpc) is 3.58. The minimum Gasteiger partial charge on any atom is -0.340 e. The number of thiazole rings is 1. The lowest BCUT2D eigenvalue weighted by Crippen LogP contribution is -2.19. The van der Waals surface area contributed by atoms with Crippen molar-refractivity contribution in [2.45, 2.75) is 32.1 Å². The number of nitrogens with zero attached hydrogens (tertiary/aromatic N) is 6. The summed E-state index contributed by atoms with van der Waals surface area (Å²) >= 11 is 1.48. The summed E-state index contributed by atoms with van der Waals surface area (Å²) < 4.78 is 31.5. The molecule has 41 heavy (non-hydrogen) atoms. The van der Waals surface area contributed by atoms with Crippen LogP contribution in [0.5, 0.6) is 0 Å². The molecule has 0 aliphatic rings. The quantitative estimate of drug-likeness (QED) is 0.205. The molecule has 0 aliphatic carbocycles. The number of benzene rings is 3. The molecule has 11 heteroatoms. The maximum Gasteiger partial charge on any atom is 0.144 e. The molecule has 0 aliphatic heterocycles. The second-order valence-electron chi connectivity index (χ2n) is 10.4. The molecule has 0 fully saturated rings. The van der Waals surface area contributed by atoms with Gasteiger partial charge in [0.25, 0.3) is 0 Å². The molecule has 0 radical (unpaired) electrons. The van der Waals surface area contributed by atoms with Gasteiger partial charge in [-0.2, -0.15) is 9.50 Å². The van der Waals surface area contributed by atoms with Crippen LogP contribution in [0.1, 0.15) is 31.2 Å². The van der Waals surface area contributed by atoms with Crippen LogP contribution in [-0.4, -0.2) is 39.9 Å². The lowest BCUT2D eigenvalue weighted by atomic mass is 10.1. The zero-order valence-electron chi connectivity index (χ0n) is 22.6. The maximum absolute atomic E-state index is 13.6. The fourth-order valence-corrected chi connectivity index (χ4v) is 5.64. The third-order valence-corrected chi connectivity index (χ3v) is 8.66. The Hall–Kier alpha value is -4.35. The van der Waals surface area contributed by atoms with E-state index in [1.807, 2.05) is 67.9 Å². The van der Waals surface area contributed by atoms with Crippen LogP contribution in [0, 0.1) is 5.82 Å². The van der Waals surface area contributed by atoms with Crippen molar-refractivity contribution in [2.24, 2.45) is 4.40 Å². The number of nitrogens with one attached hydrogen (secondary N) is 1. The smallest absolute Gasteiger partial charge is 0.144 e. The summed E-state index contributed by atoms with van der Waals surface area (Å²) in [6, 6.07) is 18.5. The lowest BCUT2D eigenvalue weighted by Gasteiger charge is -2.12. The summed E-state index contributed by atoms with van der Waals surface area (Å²) in [4.78, 5) is 14.3. The first kappa shape index (κ1) is 26.9. The summed E-state index contributed by atoms with van der Waals surface area (Å²) in [5.74, 6) is 0.408. The van der Waals surface area contributed by atoms with Gasteiger partial charge in [-0.1, -0.05) is 12.1 Å². The van der Waals surface area contributed by atoms with E-state index in [0.717, 1.165) is 48.5 Å². The van der Waals surface area contributed by atoms with E-state index in [1.165, 1.54) is 29.8 Å². The van der Waals surface area contributed by atoms with E-state index in [1.54, 1.807) is 24.7 Å². The van der Waals surface area contributed by atoms with Gasteiger partial charge < -0.3 is 5.32 Å². The van der Waals surface area contributed by atoms with E-state index in [-0.39, 0.29) is 5.82 Å². The van der Waals surface area contributed by atoms with Crippen molar-refractivity contribution in [2.75, 3.05) is 5.32 Å². The van der Waals surface area contributed by atoms with Crippen LogP contribution in [0.4, 0.5) is 15.9 Å². The molecule has 0 saturated carbocycles. The molecule has 0 unspecified atom stereocenters. The summed E-state index contributed by atoms with van der Waals surface area (Å²) in [5, 5.41) is 10.6. The summed E-state index contributed by atoms with van der Waals surface area (Å²) in [5.41, 5.74) is 4.37. The third kappa shape index (κ3) is 5.91. The first-order chi connectivity index (χ1) is 19.7. The molecule has 3 aromatic heterocycles. The number of halogens is 1. The van der Waals surface area contributed by atoms with E-state index in [4.69, 9.17) is 0 Å². The van der Waals surface area contributed by atoms with Crippen LogP contribution in [0.3, 0.4) is 0 Å². The van der Waals surface area contributed by atoms with Crippen LogP contribution in [0.15, 0.2) is 83.8 Å². The van der Waals surface area contributed by atoms with E-state index < -0.39 is 15.7 Å². The summed E-state index contributed by atoms with van der Waals surface area (Å²) in [6.07, 6.45) is 6.69. The molecular formula is C30H26FN7OS2. The predicted molar refractivity (Wildman–Crippen MR) is 165 cm³/mol. The highest BCUT2D eigenvalue weighted by atomic mass is 32.2. The second kappa shape index (κ2) is 10.9. The normalized spacial score (nSPS) is 12.9. The number of hydrogen-bond donors (Lipinski definition) is 1. The van der Waals surface area contributed by atoms with Crippen molar-refractivity contribution in [3.63, 3.8) is 0 Å². The van der Waals surface area contributed by atoms with Crippen molar-refractivity contribution in [1.82, 2.24) is 24.7 Å². The molecule has 8 nitrogen and oxygen atoms in total. The van der Waals surface area contributed by atoms with Crippen molar-refractivity contribution < 1.29 is 8.60 Å². The molecule has 6 rings (SSSR count). The number of rotatable bonds is 7. The van der Waals surface area contributed by atoms with Gasteiger partial charge in [-0.05, 0) is 74.9 Å². The highest BCUT2D eigenvalue weighted by molar-refractivity contribution is 7.85. The number of aromatic nitrogens is 5. The number of anilines is 2. The van der Waals surface area contributed by atoms with Crippen LogP contribution in [-0.2, 0) is 17.5 Å². The molecule has 6 aromatic rings. The predicted octanol–water partition coefficient (Wildman–Crippen LogP) is 6.92. The minimum atomic E-state index is -1.33. The Labute approximate surface area is 242 Å². The van der Waals surface area contributed by atoms with Crippen LogP contribution in [0.2, 0.25) is 0 Å². The largest absolute Gasteiger partial charge is 0.340 e. The topological polar surface area (TPSA) is 97.9 Å². The van der Waals surface area contributed by atoms with Crippen molar-refractivity contribution >= 4 is 61.8 Å². The standard InChI is InChI=1S/C30H26FN7OS2/c1-30(2,3)41(39)36-16-24-15-32-29(40-24)20-7-9-26-25(13-20)28(34-18-33-26)37-23-8-10-27-21(12-23)14-35-38(27)17-19-5-4-6-22(31)11-19/h4-16,18H,17H2,1-3H3,(H,33,34,37)/t41-/m1/s1. The zero-order valence-corrected chi connectivity index (χ0v) is 24.2. The van der Waals surface area contributed by atoms with Gasteiger partial charge in [0, 0.05) is 28.2 Å². The van der Waals surface area contributed by atoms with E-state index >= 15 is 0 Å². The molecule has 206 valence electrons. The molecule has 0 saturated heterocycles. The summed E-state index contributed by atoms with van der Waals surface area (Å²) in [7, 11) is -1.33. The Balaban J connectivity index is 1.25. The highest BCUT2D eigenvalue weighted by Gasteiger charge is 2.18. The maximum atomic E-state index is 13.6. The van der Waals surface area contributed by atoms with Gasteiger partial charge in [-0.3, -0.25) is 4.68 Å². The van der Waals surface area contributed by atoms with Gasteiger partial charge in [0.1, 0.15) is 34.0 Å². The van der Waals surface area contributed by atoms with Gasteiger partial charge in [-0.15, -0.1) is 11.3 Å². The fraction of sp³-hybridized carbons (Fsp3) is 0.167. The number of fused-ring (bicyclic) bond motifs is 2. The van der Waals surface area contributed by atoms with Crippen molar-refractivity contribution in [3.05, 3.63) is 95.6 Å². The van der Waals surface area contributed by atoms with Gasteiger partial charge in [0.15, 0.2) is 0 Å². The monoisotopic (exact) mass is 583 g/mol. The first-order valence-electron chi connectivity index (χ1n) is 12.9. The number of hydrogen-bond acceptors (Lipinski definition) is 7. The van der Waals surface area contributed by atoms with Crippen LogP contribution in [0.25, 0.3) is 32.4 Å².